The minimum Gasteiger partial charge on any atom is -0.504 e. The number of benzene rings is 2. The van der Waals surface area contributed by atoms with Crippen molar-refractivity contribution >= 4 is 11.6 Å². The molecule has 2 aromatic carbocycles. The zero-order chi connectivity index (χ0) is 15.6. The molecular weight excluding hydrogens is 287 g/mol. The number of rotatable bonds is 3. The second kappa shape index (κ2) is 5.74. The monoisotopic (exact) mass is 297 g/mol. The fourth-order valence-electron chi connectivity index (χ4n) is 1.70. The van der Waals surface area contributed by atoms with Gasteiger partial charge < -0.3 is 15.2 Å². The molecule has 1 amide bonds. The lowest BCUT2D eigenvalue weighted by Crippen LogP contribution is -2.13. The summed E-state index contributed by atoms with van der Waals surface area (Å²) >= 11 is 0. The average molecular weight is 297 g/mol. The van der Waals surface area contributed by atoms with E-state index in [1.807, 2.05) is 0 Å². The van der Waals surface area contributed by atoms with Crippen LogP contribution in [0.4, 0.5) is 18.9 Å². The minimum atomic E-state index is -1.63. The lowest BCUT2D eigenvalue weighted by molar-refractivity contribution is 0.102. The van der Waals surface area contributed by atoms with Crippen LogP contribution in [0.5, 0.6) is 11.5 Å². The molecule has 0 unspecified atom stereocenters. The summed E-state index contributed by atoms with van der Waals surface area (Å²) in [4.78, 5) is 11.9. The molecule has 0 atom stereocenters. The number of anilines is 1. The molecule has 4 nitrogen and oxygen atoms in total. The van der Waals surface area contributed by atoms with Gasteiger partial charge in [-0.05, 0) is 12.1 Å². The second-order valence-electron chi connectivity index (χ2n) is 4.06. The van der Waals surface area contributed by atoms with Crippen molar-refractivity contribution in [2.24, 2.45) is 0 Å². The van der Waals surface area contributed by atoms with Crippen molar-refractivity contribution in [3.8, 4) is 11.5 Å². The van der Waals surface area contributed by atoms with Gasteiger partial charge in [0.1, 0.15) is 0 Å². The molecule has 0 spiro atoms. The van der Waals surface area contributed by atoms with Gasteiger partial charge in [-0.3, -0.25) is 4.79 Å². The number of carbonyl (C=O) groups is 1. The number of ether oxygens (including phenoxy) is 1. The van der Waals surface area contributed by atoms with Gasteiger partial charge in [0, 0.05) is 17.8 Å². The first-order valence-electron chi connectivity index (χ1n) is 5.76. The maximum atomic E-state index is 13.1. The van der Waals surface area contributed by atoms with Crippen LogP contribution < -0.4 is 10.1 Å². The number of hydrogen-bond acceptors (Lipinski definition) is 3. The summed E-state index contributed by atoms with van der Waals surface area (Å²) in [6.07, 6.45) is 0. The lowest BCUT2D eigenvalue weighted by atomic mass is 10.1. The van der Waals surface area contributed by atoms with Crippen LogP contribution >= 0.6 is 0 Å². The number of para-hydroxylation sites is 1. The van der Waals surface area contributed by atoms with Crippen molar-refractivity contribution in [1.82, 2.24) is 0 Å². The highest BCUT2D eigenvalue weighted by Crippen LogP contribution is 2.30. The fourth-order valence-corrected chi connectivity index (χ4v) is 1.70. The summed E-state index contributed by atoms with van der Waals surface area (Å²) in [5.41, 5.74) is -0.432. The quantitative estimate of drug-likeness (QED) is 0.856. The van der Waals surface area contributed by atoms with Gasteiger partial charge in [-0.1, -0.05) is 6.07 Å². The molecule has 2 rings (SSSR count). The molecule has 0 saturated heterocycles. The molecule has 2 N–H and O–H groups in total. The van der Waals surface area contributed by atoms with E-state index in [0.29, 0.717) is 12.1 Å². The van der Waals surface area contributed by atoms with E-state index in [1.165, 1.54) is 25.3 Å². The van der Waals surface area contributed by atoms with E-state index in [1.54, 1.807) is 0 Å². The summed E-state index contributed by atoms with van der Waals surface area (Å²) in [6, 6.07) is 5.45. The van der Waals surface area contributed by atoms with Crippen LogP contribution in [0.1, 0.15) is 10.4 Å². The maximum Gasteiger partial charge on any atom is 0.259 e. The molecule has 0 fully saturated rings. The van der Waals surface area contributed by atoms with Crippen molar-refractivity contribution < 1.29 is 27.8 Å². The van der Waals surface area contributed by atoms with Gasteiger partial charge >= 0.3 is 0 Å². The fraction of sp³-hybridized carbons (Fsp3) is 0.0714. The van der Waals surface area contributed by atoms with E-state index in [-0.39, 0.29) is 17.0 Å². The average Bonchev–Trinajstić information content (AvgIpc) is 2.44. The Hall–Kier alpha value is -2.70. The topological polar surface area (TPSA) is 58.6 Å². The first-order chi connectivity index (χ1) is 9.93. The van der Waals surface area contributed by atoms with Crippen molar-refractivity contribution in [1.29, 1.82) is 0 Å². The standard InChI is InChI=1S/C14H10F3NO3/c1-21-11-4-2-3-8(13(11)19)14(20)18-7-5-9(15)12(17)10(16)6-7/h2-6,19H,1H3,(H,18,20). The molecule has 2 aromatic rings. The van der Waals surface area contributed by atoms with E-state index in [4.69, 9.17) is 4.74 Å². The summed E-state index contributed by atoms with van der Waals surface area (Å²) in [7, 11) is 1.31. The molecular formula is C14H10F3NO3. The van der Waals surface area contributed by atoms with Gasteiger partial charge in [0.15, 0.2) is 29.0 Å². The Balaban J connectivity index is 2.30. The van der Waals surface area contributed by atoms with Crippen LogP contribution in [-0.2, 0) is 0 Å². The number of amides is 1. The van der Waals surface area contributed by atoms with Gasteiger partial charge in [0.25, 0.3) is 5.91 Å². The second-order valence-corrected chi connectivity index (χ2v) is 4.06. The van der Waals surface area contributed by atoms with Crippen LogP contribution in [0, 0.1) is 17.5 Å². The maximum absolute atomic E-state index is 13.1. The number of phenols is 1. The Morgan fingerprint density at radius 1 is 1.19 bits per heavy atom. The first kappa shape index (κ1) is 14.7. The summed E-state index contributed by atoms with van der Waals surface area (Å²) in [5.74, 6) is -5.66. The molecule has 0 aliphatic carbocycles. The van der Waals surface area contributed by atoms with Crippen molar-refractivity contribution in [3.05, 3.63) is 53.3 Å². The molecule has 0 aromatic heterocycles. The number of nitrogens with one attached hydrogen (secondary N) is 1. The molecule has 0 aliphatic rings. The smallest absolute Gasteiger partial charge is 0.259 e. The summed E-state index contributed by atoms with van der Waals surface area (Å²) < 4.78 is 43.8. The highest BCUT2D eigenvalue weighted by Gasteiger charge is 2.17. The summed E-state index contributed by atoms with van der Waals surface area (Å²) in [5, 5.41) is 12.0. The number of hydrogen-bond donors (Lipinski definition) is 2. The molecule has 0 aliphatic heterocycles. The molecule has 0 saturated carbocycles. The van der Waals surface area contributed by atoms with Crippen LogP contribution in [0.2, 0.25) is 0 Å². The van der Waals surface area contributed by atoms with Crippen LogP contribution in [0.25, 0.3) is 0 Å². The Labute approximate surface area is 117 Å². The highest BCUT2D eigenvalue weighted by molar-refractivity contribution is 6.06. The van der Waals surface area contributed by atoms with Gasteiger partial charge in [0.2, 0.25) is 0 Å². The molecule has 0 heterocycles. The zero-order valence-corrected chi connectivity index (χ0v) is 10.8. The minimum absolute atomic E-state index is 0.0686. The first-order valence-corrected chi connectivity index (χ1v) is 5.76. The third kappa shape index (κ3) is 2.91. The van der Waals surface area contributed by atoms with Gasteiger partial charge in [-0.15, -0.1) is 0 Å². The molecule has 0 radical (unpaired) electrons. The number of halogens is 3. The molecule has 110 valence electrons. The Kier molecular flexibility index (Phi) is 4.02. The number of carbonyl (C=O) groups excluding carboxylic acids is 1. The normalized spacial score (nSPS) is 10.3. The van der Waals surface area contributed by atoms with Gasteiger partial charge in [-0.25, -0.2) is 13.2 Å². The zero-order valence-electron chi connectivity index (χ0n) is 10.8. The van der Waals surface area contributed by atoms with Crippen molar-refractivity contribution in [2.45, 2.75) is 0 Å². The van der Waals surface area contributed by atoms with E-state index < -0.39 is 29.1 Å². The Bertz CT molecular complexity index is 681. The van der Waals surface area contributed by atoms with E-state index in [0.717, 1.165) is 0 Å². The largest absolute Gasteiger partial charge is 0.504 e. The Morgan fingerprint density at radius 3 is 2.38 bits per heavy atom. The van der Waals surface area contributed by atoms with Gasteiger partial charge in [0.05, 0.1) is 12.7 Å². The van der Waals surface area contributed by atoms with Crippen LogP contribution in [0.15, 0.2) is 30.3 Å². The molecule has 21 heavy (non-hydrogen) atoms. The van der Waals surface area contributed by atoms with E-state index in [2.05, 4.69) is 5.32 Å². The molecule has 0 bridgehead atoms. The van der Waals surface area contributed by atoms with E-state index in [9.17, 15) is 23.1 Å². The molecule has 7 heteroatoms. The Morgan fingerprint density at radius 2 is 1.81 bits per heavy atom. The lowest BCUT2D eigenvalue weighted by Gasteiger charge is -2.10. The third-order valence-corrected chi connectivity index (χ3v) is 2.71. The predicted molar refractivity (Wildman–Crippen MR) is 68.9 cm³/mol. The number of methoxy groups -OCH3 is 1. The van der Waals surface area contributed by atoms with Gasteiger partial charge in [-0.2, -0.15) is 0 Å². The number of phenolic OH excluding ortho intramolecular Hbond substituents is 1. The third-order valence-electron chi connectivity index (χ3n) is 2.71. The van der Waals surface area contributed by atoms with Crippen LogP contribution in [0.3, 0.4) is 0 Å². The summed E-state index contributed by atoms with van der Waals surface area (Å²) in [6.45, 7) is 0. The number of aromatic hydroxyl groups is 1. The van der Waals surface area contributed by atoms with Crippen molar-refractivity contribution in [2.75, 3.05) is 12.4 Å². The highest BCUT2D eigenvalue weighted by atomic mass is 19.2. The van der Waals surface area contributed by atoms with E-state index >= 15 is 0 Å². The van der Waals surface area contributed by atoms with Crippen molar-refractivity contribution in [3.63, 3.8) is 0 Å². The predicted octanol–water partition coefficient (Wildman–Crippen LogP) is 3.07. The SMILES string of the molecule is COc1cccc(C(=O)Nc2cc(F)c(F)c(F)c2)c1O. The van der Waals surface area contributed by atoms with Crippen LogP contribution in [-0.4, -0.2) is 18.1 Å².